The first-order chi connectivity index (χ1) is 8.96. The predicted molar refractivity (Wildman–Crippen MR) is 71.4 cm³/mol. The number of amides is 1. The van der Waals surface area contributed by atoms with E-state index in [1.54, 1.807) is 0 Å². The second-order valence-electron chi connectivity index (χ2n) is 6.18. The van der Waals surface area contributed by atoms with Gasteiger partial charge in [-0.05, 0) is 6.42 Å². The van der Waals surface area contributed by atoms with E-state index in [1.807, 2.05) is 0 Å². The minimum absolute atomic E-state index is 0.0254. The van der Waals surface area contributed by atoms with Crippen LogP contribution in [0.3, 0.4) is 0 Å². The molecule has 0 aliphatic carbocycles. The molecular formula is C12H22N3O3S+. The molecule has 1 amide bonds. The summed E-state index contributed by atoms with van der Waals surface area (Å²) >= 11 is 0. The van der Waals surface area contributed by atoms with Crippen LogP contribution in [-0.2, 0) is 14.6 Å². The molecule has 4 aliphatic heterocycles. The molecule has 108 valence electrons. The largest absolute Gasteiger partial charge is 0.347 e. The van der Waals surface area contributed by atoms with Crippen LogP contribution < -0.4 is 5.32 Å². The van der Waals surface area contributed by atoms with Gasteiger partial charge in [-0.2, -0.15) is 0 Å². The van der Waals surface area contributed by atoms with Crippen LogP contribution in [0.2, 0.25) is 0 Å². The molecule has 7 heteroatoms. The van der Waals surface area contributed by atoms with E-state index in [0.717, 1.165) is 43.8 Å². The highest BCUT2D eigenvalue weighted by Crippen LogP contribution is 2.19. The molecule has 1 N–H and O–H groups in total. The summed E-state index contributed by atoms with van der Waals surface area (Å²) < 4.78 is 23.6. The zero-order chi connectivity index (χ0) is 13.5. The number of nitrogens with zero attached hydrogens (tertiary/aromatic N) is 2. The smallest absolute Gasteiger partial charge is 0.275 e. The molecule has 4 fully saturated rings. The molecular weight excluding hydrogens is 266 g/mol. The van der Waals surface area contributed by atoms with E-state index in [-0.39, 0.29) is 23.5 Å². The maximum atomic E-state index is 12.1. The van der Waals surface area contributed by atoms with Crippen LogP contribution in [0.1, 0.15) is 6.42 Å². The van der Waals surface area contributed by atoms with E-state index in [2.05, 4.69) is 10.2 Å². The molecule has 19 heavy (non-hydrogen) atoms. The van der Waals surface area contributed by atoms with Gasteiger partial charge in [0, 0.05) is 25.7 Å². The summed E-state index contributed by atoms with van der Waals surface area (Å²) in [5, 5.41) is 2.91. The Morgan fingerprint density at radius 1 is 1.21 bits per heavy atom. The molecule has 0 aromatic heterocycles. The molecule has 4 aliphatic rings. The highest BCUT2D eigenvalue weighted by Gasteiger charge is 2.40. The quantitative estimate of drug-likeness (QED) is 0.638. The zero-order valence-electron chi connectivity index (χ0n) is 11.2. The van der Waals surface area contributed by atoms with Crippen LogP contribution in [0.5, 0.6) is 0 Å². The Labute approximate surface area is 114 Å². The SMILES string of the molecule is O=C(C[N+]12CCN(CC1)CC2)N[C@H]1CCS(=O)(=O)C1. The van der Waals surface area contributed by atoms with E-state index in [9.17, 15) is 13.2 Å². The maximum absolute atomic E-state index is 12.1. The van der Waals surface area contributed by atoms with Gasteiger partial charge >= 0.3 is 0 Å². The highest BCUT2D eigenvalue weighted by atomic mass is 32.2. The maximum Gasteiger partial charge on any atom is 0.275 e. The summed E-state index contributed by atoms with van der Waals surface area (Å²) in [6.45, 7) is 6.94. The average molecular weight is 288 g/mol. The van der Waals surface area contributed by atoms with Gasteiger partial charge in [0.15, 0.2) is 16.4 Å². The molecule has 0 aromatic rings. The number of piperazine rings is 3. The first-order valence-electron chi connectivity index (χ1n) is 7.04. The van der Waals surface area contributed by atoms with E-state index in [0.29, 0.717) is 13.0 Å². The van der Waals surface area contributed by atoms with Crippen molar-refractivity contribution in [1.29, 1.82) is 0 Å². The number of hydrogen-bond donors (Lipinski definition) is 1. The van der Waals surface area contributed by atoms with Crippen molar-refractivity contribution >= 4 is 15.7 Å². The Kier molecular flexibility index (Phi) is 3.31. The monoisotopic (exact) mass is 288 g/mol. The molecule has 4 heterocycles. The summed E-state index contributed by atoms with van der Waals surface area (Å²) in [6.07, 6.45) is 0.571. The lowest BCUT2D eigenvalue weighted by Crippen LogP contribution is -2.69. The second-order valence-corrected chi connectivity index (χ2v) is 8.41. The molecule has 0 saturated carbocycles. The van der Waals surface area contributed by atoms with Crippen molar-refractivity contribution in [3.63, 3.8) is 0 Å². The van der Waals surface area contributed by atoms with Gasteiger partial charge in [-0.25, -0.2) is 8.42 Å². The minimum Gasteiger partial charge on any atom is -0.347 e. The molecule has 0 radical (unpaired) electrons. The summed E-state index contributed by atoms with van der Waals surface area (Å²) in [5.74, 6) is 0.358. The van der Waals surface area contributed by atoms with Crippen LogP contribution in [0.25, 0.3) is 0 Å². The highest BCUT2D eigenvalue weighted by molar-refractivity contribution is 7.91. The molecule has 0 spiro atoms. The summed E-state index contributed by atoms with van der Waals surface area (Å²) in [6, 6.07) is -0.165. The minimum atomic E-state index is -2.91. The second kappa shape index (κ2) is 4.71. The lowest BCUT2D eigenvalue weighted by atomic mass is 10.1. The Morgan fingerprint density at radius 3 is 2.37 bits per heavy atom. The summed E-state index contributed by atoms with van der Waals surface area (Å²) in [5.41, 5.74) is 0. The van der Waals surface area contributed by atoms with E-state index in [4.69, 9.17) is 0 Å². The summed E-state index contributed by atoms with van der Waals surface area (Å²) in [4.78, 5) is 14.6. The van der Waals surface area contributed by atoms with Crippen LogP contribution in [0.4, 0.5) is 0 Å². The lowest BCUT2D eigenvalue weighted by Gasteiger charge is -2.50. The molecule has 2 bridgehead atoms. The van der Waals surface area contributed by atoms with Gasteiger partial charge in [0.25, 0.3) is 5.91 Å². The van der Waals surface area contributed by atoms with E-state index in [1.165, 1.54) is 0 Å². The normalized spacial score (nSPS) is 40.2. The molecule has 6 nitrogen and oxygen atoms in total. The number of carbonyl (C=O) groups is 1. The Bertz CT molecular complexity index is 455. The van der Waals surface area contributed by atoms with Gasteiger partial charge in [0.2, 0.25) is 0 Å². The first-order valence-corrected chi connectivity index (χ1v) is 8.86. The van der Waals surface area contributed by atoms with E-state index < -0.39 is 9.84 Å². The molecule has 0 unspecified atom stereocenters. The van der Waals surface area contributed by atoms with Crippen LogP contribution in [0.15, 0.2) is 0 Å². The molecule has 4 saturated heterocycles. The zero-order valence-corrected chi connectivity index (χ0v) is 12.0. The molecule has 4 rings (SSSR count). The van der Waals surface area contributed by atoms with Crippen LogP contribution in [0, 0.1) is 0 Å². The third kappa shape index (κ3) is 2.93. The number of nitrogens with one attached hydrogen (secondary N) is 1. The number of hydrogen-bond acceptors (Lipinski definition) is 4. The van der Waals surface area contributed by atoms with Crippen molar-refractivity contribution in [1.82, 2.24) is 10.2 Å². The fourth-order valence-electron chi connectivity index (χ4n) is 3.46. The van der Waals surface area contributed by atoms with Crippen molar-refractivity contribution in [3.8, 4) is 0 Å². The lowest BCUT2D eigenvalue weighted by molar-refractivity contribution is -0.933. The van der Waals surface area contributed by atoms with Gasteiger partial charge in [0.1, 0.15) is 0 Å². The van der Waals surface area contributed by atoms with Crippen molar-refractivity contribution in [2.45, 2.75) is 12.5 Å². The van der Waals surface area contributed by atoms with Gasteiger partial charge in [-0.3, -0.25) is 9.69 Å². The number of rotatable bonds is 3. The first kappa shape index (κ1) is 13.3. The van der Waals surface area contributed by atoms with Gasteiger partial charge in [-0.1, -0.05) is 0 Å². The molecule has 0 aromatic carbocycles. The van der Waals surface area contributed by atoms with Gasteiger partial charge in [0.05, 0.1) is 31.1 Å². The fourth-order valence-corrected chi connectivity index (χ4v) is 5.13. The van der Waals surface area contributed by atoms with Crippen molar-refractivity contribution in [3.05, 3.63) is 0 Å². The Balaban J connectivity index is 1.54. The number of carbonyl (C=O) groups excluding carboxylic acids is 1. The standard InChI is InChI=1S/C12H21N3O3S/c16-12(13-11-1-8-19(17,18)10-11)9-15-5-2-14(3-6-15)4-7-15/h11H,1-10H2/p+1/t11-/m0/s1. The third-order valence-electron chi connectivity index (χ3n) is 4.75. The van der Waals surface area contributed by atoms with Crippen molar-refractivity contribution in [2.24, 2.45) is 0 Å². The Hall–Kier alpha value is -0.660. The van der Waals surface area contributed by atoms with Crippen molar-refractivity contribution in [2.75, 3.05) is 57.3 Å². The van der Waals surface area contributed by atoms with Gasteiger partial charge in [-0.15, -0.1) is 0 Å². The number of sulfone groups is 1. The number of quaternary nitrogens is 1. The van der Waals surface area contributed by atoms with E-state index >= 15 is 0 Å². The van der Waals surface area contributed by atoms with Gasteiger partial charge < -0.3 is 9.80 Å². The fraction of sp³-hybridized carbons (Fsp3) is 0.917. The average Bonchev–Trinajstić information content (AvgIpc) is 2.70. The number of fused-ring (bicyclic) bond motifs is 3. The Morgan fingerprint density at radius 2 is 1.84 bits per heavy atom. The van der Waals surface area contributed by atoms with Crippen LogP contribution >= 0.6 is 0 Å². The topological polar surface area (TPSA) is 66.5 Å². The van der Waals surface area contributed by atoms with Crippen molar-refractivity contribution < 1.29 is 17.7 Å². The molecule has 1 atom stereocenters. The predicted octanol–water partition coefficient (Wildman–Crippen LogP) is -1.56. The van der Waals surface area contributed by atoms with Crippen LogP contribution in [-0.4, -0.2) is 87.1 Å². The summed E-state index contributed by atoms with van der Waals surface area (Å²) in [7, 11) is -2.91. The third-order valence-corrected chi connectivity index (χ3v) is 6.52.